The molecule has 4 atom stereocenters. The Labute approximate surface area is 178 Å². The van der Waals surface area contributed by atoms with Gasteiger partial charge in [0.1, 0.15) is 18.1 Å². The Kier molecular flexibility index (Phi) is 11.4. The average molecular weight is 449 g/mol. The predicted molar refractivity (Wildman–Crippen MR) is 108 cm³/mol. The number of thiol groups is 1. The Hall–Kier alpha value is -2.87. The SMILES string of the molecule is CC(C)C(NC(=O)C(CC(N)=O)NC(=O)C(CC(N)=O)NC(=O)C(N)CS)C(=O)O. The van der Waals surface area contributed by atoms with Gasteiger partial charge in [-0.25, -0.2) is 4.79 Å². The number of carbonyl (C=O) groups is 6. The lowest BCUT2D eigenvalue weighted by Crippen LogP contribution is -2.58. The Morgan fingerprint density at radius 2 is 1.23 bits per heavy atom. The average Bonchev–Trinajstić information content (AvgIpc) is 2.62. The predicted octanol–water partition coefficient (Wildman–Crippen LogP) is -3.81. The number of primary amides is 2. The molecule has 0 heterocycles. The Balaban J connectivity index is 5.51. The highest BCUT2D eigenvalue weighted by Gasteiger charge is 2.32. The highest BCUT2D eigenvalue weighted by molar-refractivity contribution is 7.80. The van der Waals surface area contributed by atoms with Gasteiger partial charge in [0.15, 0.2) is 0 Å². The zero-order valence-electron chi connectivity index (χ0n) is 16.6. The summed E-state index contributed by atoms with van der Waals surface area (Å²) in [5.41, 5.74) is 15.7. The molecule has 0 aliphatic carbocycles. The summed E-state index contributed by atoms with van der Waals surface area (Å²) in [7, 11) is 0. The van der Waals surface area contributed by atoms with E-state index in [1.807, 2.05) is 0 Å². The molecule has 4 unspecified atom stereocenters. The van der Waals surface area contributed by atoms with E-state index in [1.165, 1.54) is 0 Å². The molecule has 0 fully saturated rings. The fraction of sp³-hybridized carbons (Fsp3) is 0.625. The van der Waals surface area contributed by atoms with Crippen LogP contribution >= 0.6 is 12.6 Å². The largest absolute Gasteiger partial charge is 0.480 e. The summed E-state index contributed by atoms with van der Waals surface area (Å²) in [4.78, 5) is 70.7. The van der Waals surface area contributed by atoms with Crippen LogP contribution in [0, 0.1) is 5.92 Å². The van der Waals surface area contributed by atoms with E-state index in [0.29, 0.717) is 0 Å². The van der Waals surface area contributed by atoms with E-state index in [1.54, 1.807) is 13.8 Å². The van der Waals surface area contributed by atoms with Crippen molar-refractivity contribution < 1.29 is 33.9 Å². The molecule has 13 nitrogen and oxygen atoms in total. The van der Waals surface area contributed by atoms with Crippen molar-refractivity contribution in [2.45, 2.75) is 50.9 Å². The third kappa shape index (κ3) is 9.56. The van der Waals surface area contributed by atoms with Crippen molar-refractivity contribution in [2.24, 2.45) is 23.1 Å². The van der Waals surface area contributed by atoms with Crippen molar-refractivity contribution in [3.63, 3.8) is 0 Å². The zero-order valence-corrected chi connectivity index (χ0v) is 17.5. The number of carboxylic acids is 1. The molecule has 0 aliphatic heterocycles. The molecule has 0 radical (unpaired) electrons. The van der Waals surface area contributed by atoms with Gasteiger partial charge in [-0.2, -0.15) is 12.6 Å². The molecule has 0 aliphatic rings. The fourth-order valence-electron chi connectivity index (χ4n) is 2.22. The van der Waals surface area contributed by atoms with Crippen LogP contribution in [0.2, 0.25) is 0 Å². The molecule has 30 heavy (non-hydrogen) atoms. The van der Waals surface area contributed by atoms with Crippen LogP contribution in [0.15, 0.2) is 0 Å². The topological polar surface area (TPSA) is 237 Å². The Morgan fingerprint density at radius 1 is 0.833 bits per heavy atom. The van der Waals surface area contributed by atoms with Gasteiger partial charge in [0.05, 0.1) is 18.9 Å². The second-order valence-electron chi connectivity index (χ2n) is 6.82. The number of nitrogens with one attached hydrogen (secondary N) is 3. The summed E-state index contributed by atoms with van der Waals surface area (Å²) in [6, 6.07) is -5.42. The standard InChI is InChI=1S/C16H28N6O7S/c1-6(2)12(16(28)29)22-15(27)9(4-11(19)24)21-14(26)8(3-10(18)23)20-13(25)7(17)5-30/h6-9,12,30H,3-5,17H2,1-2H3,(H2,18,23)(H2,19,24)(H,20,25)(H,21,26)(H,22,27)(H,28,29). The lowest BCUT2D eigenvalue weighted by Gasteiger charge is -2.25. The molecule has 170 valence electrons. The quantitative estimate of drug-likeness (QED) is 0.130. The van der Waals surface area contributed by atoms with Crippen molar-refractivity contribution in [3.05, 3.63) is 0 Å². The molecular weight excluding hydrogens is 420 g/mol. The molecule has 0 aromatic carbocycles. The van der Waals surface area contributed by atoms with E-state index < -0.39 is 78.4 Å². The van der Waals surface area contributed by atoms with E-state index in [0.717, 1.165) is 0 Å². The zero-order chi connectivity index (χ0) is 23.6. The number of carbonyl (C=O) groups excluding carboxylic acids is 5. The highest BCUT2D eigenvalue weighted by atomic mass is 32.1. The van der Waals surface area contributed by atoms with Gasteiger partial charge in [0, 0.05) is 5.75 Å². The number of carboxylic acid groups (broad SMARTS) is 1. The highest BCUT2D eigenvalue weighted by Crippen LogP contribution is 2.04. The maximum Gasteiger partial charge on any atom is 0.326 e. The minimum absolute atomic E-state index is 0.0464. The minimum atomic E-state index is -1.55. The van der Waals surface area contributed by atoms with Crippen LogP contribution < -0.4 is 33.2 Å². The fourth-order valence-corrected chi connectivity index (χ4v) is 2.39. The number of nitrogens with two attached hydrogens (primary N) is 3. The number of rotatable bonds is 13. The van der Waals surface area contributed by atoms with Crippen molar-refractivity contribution >= 4 is 48.1 Å². The minimum Gasteiger partial charge on any atom is -0.480 e. The molecule has 0 aromatic rings. The first-order chi connectivity index (χ1) is 13.8. The van der Waals surface area contributed by atoms with E-state index >= 15 is 0 Å². The molecule has 0 bridgehead atoms. The Bertz CT molecular complexity index is 687. The third-order valence-corrected chi connectivity index (χ3v) is 4.23. The van der Waals surface area contributed by atoms with Gasteiger partial charge in [-0.15, -0.1) is 0 Å². The van der Waals surface area contributed by atoms with Crippen LogP contribution in [0.4, 0.5) is 0 Å². The molecule has 0 rings (SSSR count). The van der Waals surface area contributed by atoms with Crippen LogP contribution in [-0.2, 0) is 28.8 Å². The Morgan fingerprint density at radius 3 is 1.57 bits per heavy atom. The van der Waals surface area contributed by atoms with Crippen molar-refractivity contribution in [1.29, 1.82) is 0 Å². The van der Waals surface area contributed by atoms with Gasteiger partial charge in [0.25, 0.3) is 0 Å². The van der Waals surface area contributed by atoms with Crippen LogP contribution in [-0.4, -0.2) is 70.5 Å². The molecule has 5 amide bonds. The summed E-state index contributed by atoms with van der Waals surface area (Å²) in [5, 5.41) is 15.8. The second-order valence-corrected chi connectivity index (χ2v) is 7.19. The van der Waals surface area contributed by atoms with Crippen molar-refractivity contribution in [3.8, 4) is 0 Å². The van der Waals surface area contributed by atoms with Crippen LogP contribution in [0.1, 0.15) is 26.7 Å². The van der Waals surface area contributed by atoms with Crippen molar-refractivity contribution in [2.75, 3.05) is 5.75 Å². The molecule has 0 aromatic heterocycles. The van der Waals surface area contributed by atoms with Crippen LogP contribution in [0.5, 0.6) is 0 Å². The smallest absolute Gasteiger partial charge is 0.326 e. The lowest BCUT2D eigenvalue weighted by molar-refractivity contribution is -0.143. The number of hydrogen-bond acceptors (Lipinski definition) is 8. The van der Waals surface area contributed by atoms with Gasteiger partial charge in [0.2, 0.25) is 29.5 Å². The molecule has 14 heteroatoms. The van der Waals surface area contributed by atoms with Gasteiger partial charge >= 0.3 is 5.97 Å². The molecular formula is C16H28N6O7S. The van der Waals surface area contributed by atoms with Crippen molar-refractivity contribution in [1.82, 2.24) is 16.0 Å². The molecule has 0 saturated heterocycles. The van der Waals surface area contributed by atoms with Gasteiger partial charge < -0.3 is 38.3 Å². The molecule has 0 spiro atoms. The van der Waals surface area contributed by atoms with Gasteiger partial charge in [-0.3, -0.25) is 24.0 Å². The number of hydrogen-bond donors (Lipinski definition) is 8. The third-order valence-electron chi connectivity index (χ3n) is 3.84. The summed E-state index contributed by atoms with van der Waals surface area (Å²) in [6.07, 6.45) is -1.28. The van der Waals surface area contributed by atoms with Crippen LogP contribution in [0.25, 0.3) is 0 Å². The van der Waals surface area contributed by atoms with Crippen LogP contribution in [0.3, 0.4) is 0 Å². The monoisotopic (exact) mass is 448 g/mol. The maximum absolute atomic E-state index is 12.5. The molecule has 0 saturated carbocycles. The van der Waals surface area contributed by atoms with E-state index in [4.69, 9.17) is 17.2 Å². The maximum atomic E-state index is 12.5. The summed E-state index contributed by atoms with van der Waals surface area (Å²) < 4.78 is 0. The first-order valence-electron chi connectivity index (χ1n) is 8.87. The summed E-state index contributed by atoms with van der Waals surface area (Å²) in [6.45, 7) is 3.09. The first-order valence-corrected chi connectivity index (χ1v) is 9.50. The van der Waals surface area contributed by atoms with Gasteiger partial charge in [-0.1, -0.05) is 13.8 Å². The van der Waals surface area contributed by atoms with E-state index in [9.17, 15) is 33.9 Å². The lowest BCUT2D eigenvalue weighted by atomic mass is 10.0. The number of amides is 5. The summed E-state index contributed by atoms with van der Waals surface area (Å²) in [5.74, 6) is -6.56. The molecule has 10 N–H and O–H groups in total. The number of aliphatic carboxylic acids is 1. The van der Waals surface area contributed by atoms with E-state index in [2.05, 4.69) is 28.6 Å². The first kappa shape index (κ1) is 27.1. The van der Waals surface area contributed by atoms with Gasteiger partial charge in [-0.05, 0) is 5.92 Å². The second kappa shape index (κ2) is 12.6. The normalized spacial score (nSPS) is 14.7. The summed E-state index contributed by atoms with van der Waals surface area (Å²) >= 11 is 3.85. The van der Waals surface area contributed by atoms with E-state index in [-0.39, 0.29) is 5.75 Å².